The maximum atomic E-state index is 9.34. The number of aliphatic hydroxyl groups excluding tert-OH is 1. The van der Waals surface area contributed by atoms with Gasteiger partial charge in [-0.25, -0.2) is 0 Å². The predicted molar refractivity (Wildman–Crippen MR) is 67.2 cm³/mol. The molecule has 1 rings (SSSR count). The van der Waals surface area contributed by atoms with Crippen molar-refractivity contribution in [3.8, 4) is 5.75 Å². The molecule has 0 saturated carbocycles. The SMILES string of the molecule is COc1cc(C)c(CCC(C)O)c(C)c1C. The molecule has 1 aromatic carbocycles. The molecule has 0 aliphatic rings. The zero-order chi connectivity index (χ0) is 12.3. The van der Waals surface area contributed by atoms with Crippen LogP contribution in [0.1, 0.15) is 35.6 Å². The maximum Gasteiger partial charge on any atom is 0.122 e. The molecule has 2 nitrogen and oxygen atoms in total. The van der Waals surface area contributed by atoms with E-state index in [-0.39, 0.29) is 6.10 Å². The molecule has 0 bridgehead atoms. The van der Waals surface area contributed by atoms with Gasteiger partial charge in [0.2, 0.25) is 0 Å². The highest BCUT2D eigenvalue weighted by molar-refractivity contribution is 5.48. The van der Waals surface area contributed by atoms with Crippen molar-refractivity contribution in [3.05, 3.63) is 28.3 Å². The summed E-state index contributed by atoms with van der Waals surface area (Å²) in [5.41, 5.74) is 5.09. The number of methoxy groups -OCH3 is 1. The van der Waals surface area contributed by atoms with E-state index in [9.17, 15) is 5.11 Å². The summed E-state index contributed by atoms with van der Waals surface area (Å²) in [6, 6.07) is 2.08. The minimum absolute atomic E-state index is 0.235. The van der Waals surface area contributed by atoms with Crippen LogP contribution in [-0.2, 0) is 6.42 Å². The van der Waals surface area contributed by atoms with Crippen molar-refractivity contribution in [1.82, 2.24) is 0 Å². The molecule has 2 heteroatoms. The lowest BCUT2D eigenvalue weighted by atomic mass is 9.93. The lowest BCUT2D eigenvalue weighted by molar-refractivity contribution is 0.185. The van der Waals surface area contributed by atoms with E-state index in [2.05, 4.69) is 26.8 Å². The molecule has 0 fully saturated rings. The molecule has 1 unspecified atom stereocenters. The minimum Gasteiger partial charge on any atom is -0.496 e. The van der Waals surface area contributed by atoms with E-state index >= 15 is 0 Å². The summed E-state index contributed by atoms with van der Waals surface area (Å²) in [5.74, 6) is 0.954. The van der Waals surface area contributed by atoms with Crippen molar-refractivity contribution >= 4 is 0 Å². The Morgan fingerprint density at radius 3 is 2.38 bits per heavy atom. The Hall–Kier alpha value is -1.02. The summed E-state index contributed by atoms with van der Waals surface area (Å²) in [6.45, 7) is 8.15. The molecule has 1 N–H and O–H groups in total. The average Bonchev–Trinajstić information content (AvgIpc) is 2.22. The Labute approximate surface area is 98.3 Å². The Morgan fingerprint density at radius 1 is 1.25 bits per heavy atom. The van der Waals surface area contributed by atoms with Gasteiger partial charge in [0, 0.05) is 0 Å². The van der Waals surface area contributed by atoms with Crippen molar-refractivity contribution < 1.29 is 9.84 Å². The predicted octanol–water partition coefficient (Wildman–Crippen LogP) is 2.93. The molecular formula is C14H22O2. The van der Waals surface area contributed by atoms with Crippen molar-refractivity contribution in [1.29, 1.82) is 0 Å². The molecule has 0 heterocycles. The van der Waals surface area contributed by atoms with Crippen molar-refractivity contribution in [2.45, 2.75) is 46.6 Å². The maximum absolute atomic E-state index is 9.34. The number of benzene rings is 1. The van der Waals surface area contributed by atoms with Crippen LogP contribution in [0.15, 0.2) is 6.07 Å². The van der Waals surface area contributed by atoms with Crippen LogP contribution < -0.4 is 4.74 Å². The molecule has 0 spiro atoms. The third-order valence-corrected chi connectivity index (χ3v) is 3.24. The first-order chi connectivity index (χ1) is 7.47. The number of aryl methyl sites for hydroxylation is 1. The second kappa shape index (κ2) is 5.35. The lowest BCUT2D eigenvalue weighted by Crippen LogP contribution is -2.05. The molecule has 0 aliphatic heterocycles. The van der Waals surface area contributed by atoms with Crippen LogP contribution in [0.3, 0.4) is 0 Å². The summed E-state index contributed by atoms with van der Waals surface area (Å²) >= 11 is 0. The smallest absolute Gasteiger partial charge is 0.122 e. The summed E-state index contributed by atoms with van der Waals surface area (Å²) in [4.78, 5) is 0. The third kappa shape index (κ3) is 2.76. The van der Waals surface area contributed by atoms with E-state index in [1.165, 1.54) is 22.3 Å². The number of aliphatic hydroxyl groups is 1. The van der Waals surface area contributed by atoms with Gasteiger partial charge in [0.05, 0.1) is 13.2 Å². The van der Waals surface area contributed by atoms with Gasteiger partial charge in [-0.2, -0.15) is 0 Å². The molecule has 1 aromatic rings. The van der Waals surface area contributed by atoms with Crippen LogP contribution in [0.4, 0.5) is 0 Å². The fraction of sp³-hybridized carbons (Fsp3) is 0.571. The Morgan fingerprint density at radius 2 is 1.88 bits per heavy atom. The molecular weight excluding hydrogens is 200 g/mol. The van der Waals surface area contributed by atoms with Crippen molar-refractivity contribution in [3.63, 3.8) is 0 Å². The molecule has 0 aliphatic carbocycles. The van der Waals surface area contributed by atoms with E-state index in [4.69, 9.17) is 4.74 Å². The highest BCUT2D eigenvalue weighted by atomic mass is 16.5. The van der Waals surface area contributed by atoms with Gasteiger partial charge in [-0.3, -0.25) is 0 Å². The van der Waals surface area contributed by atoms with Gasteiger partial charge in [0.15, 0.2) is 0 Å². The van der Waals surface area contributed by atoms with E-state index < -0.39 is 0 Å². The molecule has 90 valence electrons. The van der Waals surface area contributed by atoms with E-state index in [1.54, 1.807) is 7.11 Å². The van der Waals surface area contributed by atoms with Gasteiger partial charge in [0.25, 0.3) is 0 Å². The Bertz CT molecular complexity index is 367. The highest BCUT2D eigenvalue weighted by Crippen LogP contribution is 2.28. The minimum atomic E-state index is -0.235. The topological polar surface area (TPSA) is 29.5 Å². The van der Waals surface area contributed by atoms with Crippen LogP contribution in [0.2, 0.25) is 0 Å². The zero-order valence-electron chi connectivity index (χ0n) is 10.9. The zero-order valence-corrected chi connectivity index (χ0v) is 10.9. The quantitative estimate of drug-likeness (QED) is 0.848. The van der Waals surface area contributed by atoms with Gasteiger partial charge in [0.1, 0.15) is 5.75 Å². The monoisotopic (exact) mass is 222 g/mol. The second-order valence-corrected chi connectivity index (χ2v) is 4.51. The Kier molecular flexibility index (Phi) is 4.36. The van der Waals surface area contributed by atoms with Crippen LogP contribution in [0, 0.1) is 20.8 Å². The van der Waals surface area contributed by atoms with Gasteiger partial charge >= 0.3 is 0 Å². The van der Waals surface area contributed by atoms with Crippen LogP contribution in [0.25, 0.3) is 0 Å². The largest absolute Gasteiger partial charge is 0.496 e. The van der Waals surface area contributed by atoms with E-state index in [0.29, 0.717) is 0 Å². The van der Waals surface area contributed by atoms with Gasteiger partial charge in [-0.15, -0.1) is 0 Å². The summed E-state index contributed by atoms with van der Waals surface area (Å²) in [6.07, 6.45) is 1.51. The van der Waals surface area contributed by atoms with Gasteiger partial charge in [-0.05, 0) is 68.9 Å². The summed E-state index contributed by atoms with van der Waals surface area (Å²) < 4.78 is 5.34. The highest BCUT2D eigenvalue weighted by Gasteiger charge is 2.11. The van der Waals surface area contributed by atoms with E-state index in [1.807, 2.05) is 6.92 Å². The second-order valence-electron chi connectivity index (χ2n) is 4.51. The van der Waals surface area contributed by atoms with Crippen LogP contribution >= 0.6 is 0 Å². The lowest BCUT2D eigenvalue weighted by Gasteiger charge is -2.16. The summed E-state index contributed by atoms with van der Waals surface area (Å²) in [7, 11) is 1.71. The molecule has 0 saturated heterocycles. The summed E-state index contributed by atoms with van der Waals surface area (Å²) in [5, 5.41) is 9.34. The standard InChI is InChI=1S/C14H22O2/c1-9-8-14(16-5)12(4)11(3)13(9)7-6-10(2)15/h8,10,15H,6-7H2,1-5H3. The third-order valence-electron chi connectivity index (χ3n) is 3.24. The number of rotatable bonds is 4. The number of hydrogen-bond donors (Lipinski definition) is 1. The van der Waals surface area contributed by atoms with Crippen molar-refractivity contribution in [2.75, 3.05) is 7.11 Å². The fourth-order valence-corrected chi connectivity index (χ4v) is 2.05. The molecule has 1 atom stereocenters. The number of hydrogen-bond acceptors (Lipinski definition) is 2. The normalized spacial score (nSPS) is 12.6. The first-order valence-electron chi connectivity index (χ1n) is 5.79. The first-order valence-corrected chi connectivity index (χ1v) is 5.79. The molecule has 16 heavy (non-hydrogen) atoms. The molecule has 0 aromatic heterocycles. The molecule has 0 radical (unpaired) electrons. The van der Waals surface area contributed by atoms with Crippen LogP contribution in [-0.4, -0.2) is 18.3 Å². The molecule has 0 amide bonds. The van der Waals surface area contributed by atoms with Crippen molar-refractivity contribution in [2.24, 2.45) is 0 Å². The average molecular weight is 222 g/mol. The van der Waals surface area contributed by atoms with Gasteiger partial charge in [-0.1, -0.05) is 0 Å². The fourth-order valence-electron chi connectivity index (χ4n) is 2.05. The first kappa shape index (κ1) is 13.0. The number of ether oxygens (including phenoxy) is 1. The van der Waals surface area contributed by atoms with E-state index in [0.717, 1.165) is 18.6 Å². The van der Waals surface area contributed by atoms with Gasteiger partial charge < -0.3 is 9.84 Å². The van der Waals surface area contributed by atoms with Crippen LogP contribution in [0.5, 0.6) is 5.75 Å². The Balaban J connectivity index is 3.05.